The zero-order chi connectivity index (χ0) is 31.0. The van der Waals surface area contributed by atoms with Gasteiger partial charge in [0.2, 0.25) is 0 Å². The molecule has 0 atom stereocenters. The van der Waals surface area contributed by atoms with Gasteiger partial charge in [-0.25, -0.2) is 0 Å². The highest BCUT2D eigenvalue weighted by molar-refractivity contribution is 6.21. The van der Waals surface area contributed by atoms with E-state index in [1.807, 2.05) is 140 Å². The van der Waals surface area contributed by atoms with Crippen molar-refractivity contribution in [1.82, 2.24) is 0 Å². The summed E-state index contributed by atoms with van der Waals surface area (Å²) in [7, 11) is 0. The highest BCUT2D eigenvalue weighted by atomic mass is 16.2. The smallest absolute Gasteiger partial charge is 0.263 e. The summed E-state index contributed by atoms with van der Waals surface area (Å²) in [5, 5.41) is 2.88. The van der Waals surface area contributed by atoms with Crippen LogP contribution in [0.4, 0.5) is 28.4 Å². The van der Waals surface area contributed by atoms with Crippen LogP contribution in [0.1, 0.15) is 31.1 Å². The highest BCUT2D eigenvalue weighted by Gasteiger charge is 2.29. The molecule has 0 spiro atoms. The van der Waals surface area contributed by atoms with Gasteiger partial charge in [-0.05, 0) is 78.9 Å². The number of carbonyl (C=O) groups is 3. The van der Waals surface area contributed by atoms with Crippen LogP contribution in [0.15, 0.2) is 170 Å². The van der Waals surface area contributed by atoms with Crippen LogP contribution in [-0.2, 0) is 0 Å². The lowest BCUT2D eigenvalue weighted by Crippen LogP contribution is -2.32. The molecule has 0 aliphatic heterocycles. The zero-order valence-corrected chi connectivity index (χ0v) is 24.3. The van der Waals surface area contributed by atoms with Gasteiger partial charge in [0, 0.05) is 34.0 Å². The average molecular weight is 588 g/mol. The lowest BCUT2D eigenvalue weighted by Gasteiger charge is -2.27. The molecule has 0 heterocycles. The number of hydrogen-bond acceptors (Lipinski definition) is 3. The molecular weight excluding hydrogens is 558 g/mol. The molecule has 6 aromatic rings. The third-order valence-corrected chi connectivity index (χ3v) is 7.24. The maximum absolute atomic E-state index is 14.7. The van der Waals surface area contributed by atoms with E-state index >= 15 is 0 Å². The Labute approximate surface area is 261 Å². The fraction of sp³-hybridized carbons (Fsp3) is 0. The van der Waals surface area contributed by atoms with Crippen molar-refractivity contribution in [2.24, 2.45) is 0 Å². The maximum atomic E-state index is 14.7. The molecule has 1 N–H and O–H groups in total. The molecule has 0 saturated carbocycles. The van der Waals surface area contributed by atoms with E-state index in [0.29, 0.717) is 28.4 Å². The van der Waals surface area contributed by atoms with Crippen molar-refractivity contribution in [3.63, 3.8) is 0 Å². The molecule has 0 aromatic heterocycles. The van der Waals surface area contributed by atoms with Gasteiger partial charge in [-0.3, -0.25) is 24.2 Å². The summed E-state index contributed by atoms with van der Waals surface area (Å²) in [6, 6.07) is 50.7. The summed E-state index contributed by atoms with van der Waals surface area (Å²) in [6.45, 7) is 0. The Morgan fingerprint density at radius 3 is 1.16 bits per heavy atom. The van der Waals surface area contributed by atoms with Gasteiger partial charge in [0.05, 0.1) is 11.1 Å². The molecule has 6 nitrogen and oxygen atoms in total. The second-order valence-electron chi connectivity index (χ2n) is 10.2. The normalized spacial score (nSPS) is 10.5. The van der Waals surface area contributed by atoms with Gasteiger partial charge in [-0.1, -0.05) is 91.0 Å². The Morgan fingerprint density at radius 2 is 0.756 bits per heavy atom. The lowest BCUT2D eigenvalue weighted by molar-refractivity contribution is 0.0966. The molecule has 0 aliphatic rings. The van der Waals surface area contributed by atoms with Crippen molar-refractivity contribution >= 4 is 46.2 Å². The number of nitrogens with zero attached hydrogens (tertiary/aromatic N) is 2. The third-order valence-electron chi connectivity index (χ3n) is 7.24. The summed E-state index contributed by atoms with van der Waals surface area (Å²) in [6.07, 6.45) is 0. The summed E-state index contributed by atoms with van der Waals surface area (Å²) in [5.41, 5.74) is 3.62. The van der Waals surface area contributed by atoms with Crippen molar-refractivity contribution < 1.29 is 14.4 Å². The van der Waals surface area contributed by atoms with E-state index in [0.717, 1.165) is 0 Å². The summed E-state index contributed by atoms with van der Waals surface area (Å²) in [5.74, 6) is -1.26. The first-order valence-corrected chi connectivity index (χ1v) is 14.5. The molecular formula is C39H29N3O3. The number of anilines is 5. The molecule has 218 valence electrons. The van der Waals surface area contributed by atoms with E-state index < -0.39 is 17.7 Å². The van der Waals surface area contributed by atoms with E-state index in [9.17, 15) is 14.4 Å². The molecule has 0 fully saturated rings. The van der Waals surface area contributed by atoms with Crippen molar-refractivity contribution in [3.8, 4) is 0 Å². The van der Waals surface area contributed by atoms with E-state index in [1.54, 1.807) is 34.1 Å². The number of hydrogen-bond donors (Lipinski definition) is 1. The lowest BCUT2D eigenvalue weighted by atomic mass is 9.99. The zero-order valence-electron chi connectivity index (χ0n) is 24.3. The van der Waals surface area contributed by atoms with Crippen molar-refractivity contribution in [2.45, 2.75) is 0 Å². The van der Waals surface area contributed by atoms with Gasteiger partial charge in [0.15, 0.2) is 0 Å². The van der Waals surface area contributed by atoms with E-state index in [-0.39, 0.29) is 16.7 Å². The monoisotopic (exact) mass is 587 g/mol. The molecule has 3 amide bonds. The molecule has 45 heavy (non-hydrogen) atoms. The van der Waals surface area contributed by atoms with Crippen molar-refractivity contribution in [3.05, 3.63) is 187 Å². The predicted molar refractivity (Wildman–Crippen MR) is 180 cm³/mol. The van der Waals surface area contributed by atoms with Gasteiger partial charge < -0.3 is 5.32 Å². The first-order chi connectivity index (χ1) is 22.1. The van der Waals surface area contributed by atoms with Gasteiger partial charge in [0.1, 0.15) is 0 Å². The standard InChI is InChI=1S/C39H29N3O3/c43-37(40-30-16-6-1-7-17-30)29-26-27-35(38(44)41(31-18-8-2-9-19-31)32-20-10-3-11-21-32)36(28-29)39(45)42(33-22-12-4-13-23-33)34-24-14-5-15-25-34/h1-28H,(H,40,43). The van der Waals surface area contributed by atoms with E-state index in [1.165, 1.54) is 6.07 Å². The first-order valence-electron chi connectivity index (χ1n) is 14.5. The number of amides is 3. The summed E-state index contributed by atoms with van der Waals surface area (Å²) in [4.78, 5) is 45.9. The Morgan fingerprint density at radius 1 is 0.400 bits per heavy atom. The van der Waals surface area contributed by atoms with Crippen LogP contribution in [0, 0.1) is 0 Å². The predicted octanol–water partition coefficient (Wildman–Crippen LogP) is 8.90. The number of benzene rings is 6. The Kier molecular flexibility index (Phi) is 8.56. The van der Waals surface area contributed by atoms with Crippen LogP contribution in [0.25, 0.3) is 0 Å². The molecule has 0 radical (unpaired) electrons. The Bertz CT molecular complexity index is 1840. The first kappa shape index (κ1) is 28.8. The van der Waals surface area contributed by atoms with Crippen LogP contribution >= 0.6 is 0 Å². The van der Waals surface area contributed by atoms with Gasteiger partial charge in [-0.15, -0.1) is 0 Å². The number of para-hydroxylation sites is 5. The fourth-order valence-electron chi connectivity index (χ4n) is 5.09. The summed E-state index contributed by atoms with van der Waals surface area (Å²) < 4.78 is 0. The molecule has 6 aromatic carbocycles. The largest absolute Gasteiger partial charge is 0.322 e. The molecule has 6 heteroatoms. The third kappa shape index (κ3) is 6.40. The fourth-order valence-corrected chi connectivity index (χ4v) is 5.09. The van der Waals surface area contributed by atoms with Crippen LogP contribution in [0.5, 0.6) is 0 Å². The topological polar surface area (TPSA) is 69.7 Å². The number of carbonyl (C=O) groups excluding carboxylic acids is 3. The van der Waals surface area contributed by atoms with Gasteiger partial charge in [-0.2, -0.15) is 0 Å². The number of nitrogens with one attached hydrogen (secondary N) is 1. The van der Waals surface area contributed by atoms with Gasteiger partial charge >= 0.3 is 0 Å². The van der Waals surface area contributed by atoms with Crippen LogP contribution in [0.3, 0.4) is 0 Å². The second-order valence-corrected chi connectivity index (χ2v) is 10.2. The molecule has 0 saturated heterocycles. The minimum Gasteiger partial charge on any atom is -0.322 e. The molecule has 6 rings (SSSR count). The summed E-state index contributed by atoms with van der Waals surface area (Å²) >= 11 is 0. The van der Waals surface area contributed by atoms with Crippen molar-refractivity contribution in [1.29, 1.82) is 0 Å². The van der Waals surface area contributed by atoms with Crippen LogP contribution in [0.2, 0.25) is 0 Å². The van der Waals surface area contributed by atoms with Crippen LogP contribution in [-0.4, -0.2) is 17.7 Å². The van der Waals surface area contributed by atoms with Crippen molar-refractivity contribution in [2.75, 3.05) is 15.1 Å². The second kappa shape index (κ2) is 13.4. The maximum Gasteiger partial charge on any atom is 0.263 e. The highest BCUT2D eigenvalue weighted by Crippen LogP contribution is 2.32. The molecule has 0 unspecified atom stereocenters. The quantitative estimate of drug-likeness (QED) is 0.193. The van der Waals surface area contributed by atoms with E-state index in [2.05, 4.69) is 5.32 Å². The average Bonchev–Trinajstić information content (AvgIpc) is 3.10. The van der Waals surface area contributed by atoms with Crippen LogP contribution < -0.4 is 15.1 Å². The minimum absolute atomic E-state index is 0.0882. The SMILES string of the molecule is O=C(Nc1ccccc1)c1ccc(C(=O)N(c2ccccc2)c2ccccc2)c(C(=O)N(c2ccccc2)c2ccccc2)c1. The minimum atomic E-state index is -0.453. The Balaban J connectivity index is 1.51. The number of rotatable bonds is 8. The van der Waals surface area contributed by atoms with E-state index in [4.69, 9.17) is 0 Å². The Hall–Kier alpha value is -6.27. The molecule has 0 bridgehead atoms. The van der Waals surface area contributed by atoms with Gasteiger partial charge in [0.25, 0.3) is 17.7 Å². The molecule has 0 aliphatic carbocycles.